The number of piperidine rings is 1. The zero-order valence-corrected chi connectivity index (χ0v) is 19.5. The van der Waals surface area contributed by atoms with Crippen molar-refractivity contribution in [3.63, 3.8) is 0 Å². The monoisotopic (exact) mass is 490 g/mol. The molecule has 2 N–H and O–H groups in total. The highest BCUT2D eigenvalue weighted by atomic mass is 35.5. The van der Waals surface area contributed by atoms with Crippen molar-refractivity contribution >= 4 is 33.9 Å². The number of alkyl halides is 1. The number of pyridine rings is 1. The molecule has 2 aromatic heterocycles. The number of nitrogens with one attached hydrogen (secondary N) is 1. The van der Waals surface area contributed by atoms with Crippen molar-refractivity contribution in [2.24, 2.45) is 0 Å². The summed E-state index contributed by atoms with van der Waals surface area (Å²) in [6.07, 6.45) is 5.20. The number of nitriles is 1. The first-order valence-corrected chi connectivity index (χ1v) is 12.8. The number of aliphatic hydroxyl groups excluding tert-OH is 1. The fraction of sp³-hybridized carbons (Fsp3) is 0.545. The summed E-state index contributed by atoms with van der Waals surface area (Å²) in [7, 11) is -1.27. The number of hydrogen-bond donors (Lipinski definition) is 2. The topological polar surface area (TPSA) is 115 Å². The van der Waals surface area contributed by atoms with Gasteiger partial charge in [-0.1, -0.05) is 11.6 Å². The van der Waals surface area contributed by atoms with Crippen molar-refractivity contribution in [3.8, 4) is 6.07 Å². The number of halogens is 2. The van der Waals surface area contributed by atoms with Crippen LogP contribution in [-0.4, -0.2) is 61.4 Å². The van der Waals surface area contributed by atoms with E-state index in [4.69, 9.17) is 16.6 Å². The van der Waals surface area contributed by atoms with Crippen LogP contribution in [0.4, 0.5) is 15.9 Å². The van der Waals surface area contributed by atoms with Gasteiger partial charge in [0.05, 0.1) is 56.7 Å². The molecule has 2 fully saturated rings. The Morgan fingerprint density at radius 2 is 2.15 bits per heavy atom. The fourth-order valence-electron chi connectivity index (χ4n) is 4.86. The van der Waals surface area contributed by atoms with E-state index in [1.807, 2.05) is 0 Å². The second kappa shape index (κ2) is 8.78. The van der Waals surface area contributed by atoms with Crippen LogP contribution in [0.5, 0.6) is 0 Å². The number of nitrogens with zero attached hydrogens (tertiary/aromatic N) is 5. The van der Waals surface area contributed by atoms with Crippen LogP contribution in [-0.2, 0) is 17.2 Å². The Kier molecular flexibility index (Phi) is 5.97. The van der Waals surface area contributed by atoms with Gasteiger partial charge in [0.1, 0.15) is 29.4 Å². The highest BCUT2D eigenvalue weighted by molar-refractivity contribution is 7.85. The number of aromatic nitrogens is 3. The van der Waals surface area contributed by atoms with E-state index in [-0.39, 0.29) is 18.7 Å². The lowest BCUT2D eigenvalue weighted by molar-refractivity contribution is 0.144. The lowest BCUT2D eigenvalue weighted by Crippen LogP contribution is -2.49. The van der Waals surface area contributed by atoms with Crippen LogP contribution in [0.15, 0.2) is 17.3 Å². The molecule has 33 heavy (non-hydrogen) atoms. The van der Waals surface area contributed by atoms with Crippen molar-refractivity contribution < 1.29 is 13.7 Å². The number of hydrogen-bond acceptors (Lipinski definition) is 8. The Hall–Kier alpha value is -2.35. The Balaban J connectivity index is 1.49. The van der Waals surface area contributed by atoms with Crippen LogP contribution in [0.1, 0.15) is 48.7 Å². The minimum absolute atomic E-state index is 0.0464. The minimum atomic E-state index is -1.27. The van der Waals surface area contributed by atoms with Gasteiger partial charge in [-0.15, -0.1) is 0 Å². The normalized spacial score (nSPS) is 25.8. The van der Waals surface area contributed by atoms with Gasteiger partial charge in [-0.25, -0.2) is 19.3 Å². The van der Waals surface area contributed by atoms with Crippen molar-refractivity contribution in [2.45, 2.75) is 54.6 Å². The number of aryl methyl sites for hydroxylation is 1. The quantitative estimate of drug-likeness (QED) is 0.657. The van der Waals surface area contributed by atoms with E-state index in [9.17, 15) is 14.6 Å². The maximum absolute atomic E-state index is 15.3. The molecular weight excluding hydrogens is 467 g/mol. The highest BCUT2D eigenvalue weighted by Crippen LogP contribution is 2.43. The van der Waals surface area contributed by atoms with Gasteiger partial charge in [-0.05, 0) is 25.7 Å². The fourth-order valence-corrected chi connectivity index (χ4v) is 6.33. The zero-order chi connectivity index (χ0) is 23.2. The second-order valence-electron chi connectivity index (χ2n) is 8.91. The van der Waals surface area contributed by atoms with Gasteiger partial charge in [0.25, 0.3) is 0 Å². The van der Waals surface area contributed by atoms with Gasteiger partial charge >= 0.3 is 0 Å². The summed E-state index contributed by atoms with van der Waals surface area (Å²) in [4.78, 5) is 15.4. The van der Waals surface area contributed by atoms with Gasteiger partial charge in [0.2, 0.25) is 0 Å². The maximum atomic E-state index is 15.3. The molecule has 2 aliphatic heterocycles. The van der Waals surface area contributed by atoms with Crippen LogP contribution in [0.25, 0.3) is 0 Å². The molecule has 8 nitrogen and oxygen atoms in total. The molecule has 0 radical (unpaired) electrons. The lowest BCUT2D eigenvalue weighted by Gasteiger charge is -2.43. The molecule has 174 valence electrons. The van der Waals surface area contributed by atoms with Gasteiger partial charge in [0, 0.05) is 31.1 Å². The molecule has 2 aromatic rings. The van der Waals surface area contributed by atoms with E-state index in [1.165, 1.54) is 12.4 Å². The minimum Gasteiger partial charge on any atom is -0.394 e. The first-order chi connectivity index (χ1) is 15.9. The van der Waals surface area contributed by atoms with Crippen LogP contribution >= 0.6 is 11.6 Å². The van der Waals surface area contributed by atoms with E-state index in [1.54, 1.807) is 4.90 Å². The summed E-state index contributed by atoms with van der Waals surface area (Å²) < 4.78 is 28.0. The first-order valence-electron chi connectivity index (χ1n) is 11.1. The van der Waals surface area contributed by atoms with E-state index in [0.717, 1.165) is 19.3 Å². The molecule has 3 atom stereocenters. The standard InChI is InChI=1S/C22H24ClFN6O2S/c23-13-9-26-20(27-10-13)14-2-6-30(11-16(14)24)21-15(8-25)18(29-22(12-31)4-1-5-22)19-17(28-21)3-7-33(19)32/h9-10,14,16,31H,1-7,11-12H2,(H,28,29)/t14?,16?,33-/m1/s1. The summed E-state index contributed by atoms with van der Waals surface area (Å²) in [6, 6.07) is 2.23. The molecule has 0 spiro atoms. The smallest absolute Gasteiger partial charge is 0.149 e. The van der Waals surface area contributed by atoms with E-state index < -0.39 is 28.4 Å². The molecule has 0 amide bonds. The van der Waals surface area contributed by atoms with Crippen molar-refractivity contribution in [1.29, 1.82) is 5.26 Å². The van der Waals surface area contributed by atoms with E-state index >= 15 is 4.39 Å². The maximum Gasteiger partial charge on any atom is 0.149 e. The summed E-state index contributed by atoms with van der Waals surface area (Å²) in [5, 5.41) is 23.8. The van der Waals surface area contributed by atoms with Crippen molar-refractivity contribution in [3.05, 3.63) is 34.5 Å². The van der Waals surface area contributed by atoms with E-state index in [0.29, 0.717) is 58.1 Å². The average Bonchev–Trinajstić information content (AvgIpc) is 3.17. The van der Waals surface area contributed by atoms with Gasteiger partial charge in [0.15, 0.2) is 0 Å². The Labute approximate surface area is 198 Å². The second-order valence-corrected chi connectivity index (χ2v) is 10.9. The summed E-state index contributed by atoms with van der Waals surface area (Å²) in [5.41, 5.74) is 0.903. The summed E-state index contributed by atoms with van der Waals surface area (Å²) in [5.74, 6) is 0.806. The Morgan fingerprint density at radius 3 is 2.76 bits per heavy atom. The highest BCUT2D eigenvalue weighted by Gasteiger charge is 2.41. The molecule has 2 unspecified atom stereocenters. The number of aliphatic hydroxyl groups is 1. The molecule has 11 heteroatoms. The van der Waals surface area contributed by atoms with Crippen molar-refractivity contribution in [2.75, 3.05) is 35.7 Å². The largest absolute Gasteiger partial charge is 0.394 e. The number of fused-ring (bicyclic) bond motifs is 1. The Bertz CT molecular complexity index is 1130. The van der Waals surface area contributed by atoms with Gasteiger partial charge in [-0.3, -0.25) is 4.21 Å². The average molecular weight is 491 g/mol. The number of rotatable bonds is 5. The molecule has 0 aromatic carbocycles. The predicted octanol–water partition coefficient (Wildman–Crippen LogP) is 2.72. The molecule has 1 saturated heterocycles. The van der Waals surface area contributed by atoms with Gasteiger partial charge < -0.3 is 15.3 Å². The van der Waals surface area contributed by atoms with Crippen molar-refractivity contribution in [1.82, 2.24) is 15.0 Å². The van der Waals surface area contributed by atoms with Crippen LogP contribution in [0.3, 0.4) is 0 Å². The lowest BCUT2D eigenvalue weighted by atomic mass is 9.77. The van der Waals surface area contributed by atoms with Crippen LogP contribution < -0.4 is 10.2 Å². The SMILES string of the molecule is N#Cc1c(N2CCC(c3ncc(Cl)cn3)C(F)C2)nc2c(c1NC1(CO)CCC1)[S@](=O)CC2. The molecule has 1 saturated carbocycles. The molecule has 0 bridgehead atoms. The summed E-state index contributed by atoms with van der Waals surface area (Å²) >= 11 is 5.86. The molecule has 4 heterocycles. The van der Waals surface area contributed by atoms with Crippen LogP contribution in [0.2, 0.25) is 5.02 Å². The molecule has 3 aliphatic rings. The van der Waals surface area contributed by atoms with Gasteiger partial charge in [-0.2, -0.15) is 5.26 Å². The zero-order valence-electron chi connectivity index (χ0n) is 17.9. The molecule has 1 aliphatic carbocycles. The third kappa shape index (κ3) is 3.96. The van der Waals surface area contributed by atoms with E-state index in [2.05, 4.69) is 21.4 Å². The third-order valence-electron chi connectivity index (χ3n) is 6.88. The number of anilines is 2. The third-order valence-corrected chi connectivity index (χ3v) is 8.55. The predicted molar refractivity (Wildman–Crippen MR) is 123 cm³/mol. The Morgan fingerprint density at radius 1 is 1.39 bits per heavy atom. The summed E-state index contributed by atoms with van der Waals surface area (Å²) in [6.45, 7) is 0.450. The molecular formula is C22H24ClFN6O2S. The first kappa shape index (κ1) is 22.4. The van der Waals surface area contributed by atoms with Crippen LogP contribution in [0, 0.1) is 11.3 Å². The molecule has 5 rings (SSSR count).